The zero-order valence-electron chi connectivity index (χ0n) is 22.3. The average Bonchev–Trinajstić information content (AvgIpc) is 3.41. The molecule has 9 heteroatoms. The summed E-state index contributed by atoms with van der Waals surface area (Å²) in [4.78, 5) is 42.1. The summed E-state index contributed by atoms with van der Waals surface area (Å²) in [6.45, 7) is -0.0876. The van der Waals surface area contributed by atoms with Crippen molar-refractivity contribution in [3.8, 4) is 28.4 Å². The number of fused-ring (bicyclic) bond motifs is 2. The number of ether oxygens (including phenoxy) is 3. The summed E-state index contributed by atoms with van der Waals surface area (Å²) >= 11 is 0. The summed E-state index contributed by atoms with van der Waals surface area (Å²) in [5.74, 6) is 0.781. The molecule has 1 fully saturated rings. The fourth-order valence-corrected chi connectivity index (χ4v) is 5.74. The number of carbonyl (C=O) groups is 3. The Labute approximate surface area is 232 Å². The number of nitrogens with zero attached hydrogens (tertiary/aromatic N) is 1. The van der Waals surface area contributed by atoms with Crippen LogP contribution in [0.3, 0.4) is 0 Å². The summed E-state index contributed by atoms with van der Waals surface area (Å²) in [6, 6.07) is 16.9. The molecule has 0 saturated heterocycles. The van der Waals surface area contributed by atoms with Crippen LogP contribution >= 0.6 is 0 Å². The summed E-state index contributed by atoms with van der Waals surface area (Å²) < 4.78 is 16.8. The van der Waals surface area contributed by atoms with Gasteiger partial charge in [-0.05, 0) is 54.3 Å². The van der Waals surface area contributed by atoms with Gasteiger partial charge in [-0.25, -0.2) is 0 Å². The minimum Gasteiger partial charge on any atom is -0.496 e. The molecule has 0 aromatic heterocycles. The van der Waals surface area contributed by atoms with E-state index in [-0.39, 0.29) is 31.2 Å². The number of benzene rings is 3. The van der Waals surface area contributed by atoms with E-state index in [4.69, 9.17) is 14.2 Å². The highest BCUT2D eigenvalue weighted by atomic mass is 16.7. The molecule has 3 aromatic rings. The second kappa shape index (κ2) is 10.9. The standard InChI is InChI=1S/C31H31N3O6/c1-38-26-16-20(11-13-22(26)19-12-14-25-27(15-19)40-18-39-25)29(30(36)32-21-7-3-2-4-8-21)34-17-28(35)33-24-10-6-5-9-23(24)31(34)37/h5-6,9-16,21,29H,2-4,7-8,17-18H2,1H3,(H,32,36)(H,33,35). The lowest BCUT2D eigenvalue weighted by atomic mass is 9.94. The van der Waals surface area contributed by atoms with Crippen LogP contribution in [-0.2, 0) is 9.59 Å². The minimum absolute atomic E-state index is 0.0294. The topological polar surface area (TPSA) is 106 Å². The van der Waals surface area contributed by atoms with Crippen molar-refractivity contribution in [3.05, 3.63) is 71.8 Å². The molecule has 2 aliphatic heterocycles. The lowest BCUT2D eigenvalue weighted by Crippen LogP contribution is -2.48. The second-order valence-corrected chi connectivity index (χ2v) is 10.3. The molecule has 206 valence electrons. The highest BCUT2D eigenvalue weighted by Crippen LogP contribution is 2.40. The van der Waals surface area contributed by atoms with Gasteiger partial charge >= 0.3 is 0 Å². The third kappa shape index (κ3) is 4.95. The molecule has 1 unspecified atom stereocenters. The van der Waals surface area contributed by atoms with E-state index in [1.165, 1.54) is 4.90 Å². The van der Waals surface area contributed by atoms with E-state index in [0.717, 1.165) is 43.2 Å². The largest absolute Gasteiger partial charge is 0.496 e. The molecule has 1 atom stereocenters. The number of anilines is 1. The first-order valence-electron chi connectivity index (χ1n) is 13.6. The van der Waals surface area contributed by atoms with Gasteiger partial charge in [0.25, 0.3) is 5.91 Å². The fourth-order valence-electron chi connectivity index (χ4n) is 5.74. The maximum atomic E-state index is 14.0. The van der Waals surface area contributed by atoms with Crippen molar-refractivity contribution in [1.29, 1.82) is 0 Å². The molecule has 2 heterocycles. The van der Waals surface area contributed by atoms with Crippen LogP contribution < -0.4 is 24.8 Å². The molecule has 1 aliphatic carbocycles. The highest BCUT2D eigenvalue weighted by molar-refractivity contribution is 6.10. The van der Waals surface area contributed by atoms with Crippen molar-refractivity contribution in [2.24, 2.45) is 0 Å². The molecule has 0 radical (unpaired) electrons. The molecule has 9 nitrogen and oxygen atoms in total. The predicted molar refractivity (Wildman–Crippen MR) is 148 cm³/mol. The van der Waals surface area contributed by atoms with Gasteiger partial charge in [-0.2, -0.15) is 0 Å². The van der Waals surface area contributed by atoms with Crippen molar-refractivity contribution >= 4 is 23.4 Å². The van der Waals surface area contributed by atoms with Crippen LogP contribution in [0.5, 0.6) is 17.2 Å². The second-order valence-electron chi connectivity index (χ2n) is 10.3. The number of para-hydroxylation sites is 1. The SMILES string of the molecule is COc1cc(C(C(=O)NC2CCCCC2)N2CC(=O)Nc3ccccc3C2=O)ccc1-c1ccc2c(c1)OCO2. The Kier molecular flexibility index (Phi) is 7.02. The lowest BCUT2D eigenvalue weighted by molar-refractivity contribution is -0.127. The Balaban J connectivity index is 1.40. The zero-order chi connectivity index (χ0) is 27.6. The van der Waals surface area contributed by atoms with E-state index >= 15 is 0 Å². The number of hydrogen-bond donors (Lipinski definition) is 2. The van der Waals surface area contributed by atoms with Crippen LogP contribution in [0.4, 0.5) is 5.69 Å². The molecule has 2 N–H and O–H groups in total. The Morgan fingerprint density at radius 3 is 2.60 bits per heavy atom. The van der Waals surface area contributed by atoms with Crippen molar-refractivity contribution in [3.63, 3.8) is 0 Å². The molecular weight excluding hydrogens is 510 g/mol. The Hall–Kier alpha value is -4.53. The number of hydrogen-bond acceptors (Lipinski definition) is 6. The van der Waals surface area contributed by atoms with Gasteiger partial charge in [0.05, 0.1) is 18.4 Å². The van der Waals surface area contributed by atoms with Gasteiger partial charge in [0.1, 0.15) is 18.3 Å². The Morgan fingerprint density at radius 1 is 0.975 bits per heavy atom. The van der Waals surface area contributed by atoms with E-state index in [9.17, 15) is 14.4 Å². The molecule has 3 aliphatic rings. The molecule has 3 amide bonds. The summed E-state index contributed by atoms with van der Waals surface area (Å²) in [7, 11) is 1.56. The monoisotopic (exact) mass is 541 g/mol. The number of amides is 3. The Morgan fingerprint density at radius 2 is 1.77 bits per heavy atom. The van der Waals surface area contributed by atoms with Crippen LogP contribution in [-0.4, -0.2) is 49.1 Å². The lowest BCUT2D eigenvalue weighted by Gasteiger charge is -2.32. The highest BCUT2D eigenvalue weighted by Gasteiger charge is 2.37. The Bertz CT molecular complexity index is 1470. The van der Waals surface area contributed by atoms with Gasteiger partial charge in [-0.1, -0.05) is 49.6 Å². The van der Waals surface area contributed by atoms with Gasteiger partial charge in [0, 0.05) is 11.6 Å². The van der Waals surface area contributed by atoms with Crippen molar-refractivity contribution in [1.82, 2.24) is 10.2 Å². The minimum atomic E-state index is -1.04. The maximum absolute atomic E-state index is 14.0. The van der Waals surface area contributed by atoms with E-state index in [0.29, 0.717) is 34.1 Å². The normalized spacial score (nSPS) is 17.5. The zero-order valence-corrected chi connectivity index (χ0v) is 22.3. The molecule has 3 aromatic carbocycles. The first kappa shape index (κ1) is 25.7. The average molecular weight is 542 g/mol. The molecular formula is C31H31N3O6. The van der Waals surface area contributed by atoms with E-state index < -0.39 is 11.9 Å². The smallest absolute Gasteiger partial charge is 0.257 e. The maximum Gasteiger partial charge on any atom is 0.257 e. The molecule has 1 saturated carbocycles. The van der Waals surface area contributed by atoms with Crippen molar-refractivity contribution in [2.45, 2.75) is 44.2 Å². The van der Waals surface area contributed by atoms with Gasteiger partial charge in [-0.15, -0.1) is 0 Å². The molecule has 40 heavy (non-hydrogen) atoms. The summed E-state index contributed by atoms with van der Waals surface area (Å²) in [5, 5.41) is 5.97. The van der Waals surface area contributed by atoms with Crippen LogP contribution in [0, 0.1) is 0 Å². The fraction of sp³-hybridized carbons (Fsp3) is 0.323. The van der Waals surface area contributed by atoms with E-state index in [1.807, 2.05) is 30.3 Å². The van der Waals surface area contributed by atoms with Gasteiger partial charge in [0.2, 0.25) is 18.6 Å². The molecule has 0 spiro atoms. The third-order valence-corrected chi connectivity index (χ3v) is 7.74. The summed E-state index contributed by atoms with van der Waals surface area (Å²) in [5.41, 5.74) is 2.97. The number of nitrogens with one attached hydrogen (secondary N) is 2. The van der Waals surface area contributed by atoms with Crippen molar-refractivity contribution < 1.29 is 28.6 Å². The molecule has 0 bridgehead atoms. The first-order chi connectivity index (χ1) is 19.5. The van der Waals surface area contributed by atoms with Crippen LogP contribution in [0.25, 0.3) is 11.1 Å². The van der Waals surface area contributed by atoms with Gasteiger partial charge < -0.3 is 29.7 Å². The van der Waals surface area contributed by atoms with E-state index in [2.05, 4.69) is 10.6 Å². The first-order valence-corrected chi connectivity index (χ1v) is 13.6. The van der Waals surface area contributed by atoms with Gasteiger partial charge in [-0.3, -0.25) is 14.4 Å². The van der Waals surface area contributed by atoms with Crippen molar-refractivity contribution in [2.75, 3.05) is 25.8 Å². The number of methoxy groups -OCH3 is 1. The predicted octanol–water partition coefficient (Wildman–Crippen LogP) is 4.68. The number of carbonyl (C=O) groups excluding carboxylic acids is 3. The third-order valence-electron chi connectivity index (χ3n) is 7.74. The quantitative estimate of drug-likeness (QED) is 0.470. The van der Waals surface area contributed by atoms with Crippen LogP contribution in [0.15, 0.2) is 60.7 Å². The molecule has 6 rings (SSSR count). The number of rotatable bonds is 6. The summed E-state index contributed by atoms with van der Waals surface area (Å²) in [6.07, 6.45) is 5.03. The van der Waals surface area contributed by atoms with Crippen LogP contribution in [0.2, 0.25) is 0 Å². The van der Waals surface area contributed by atoms with E-state index in [1.54, 1.807) is 37.4 Å². The van der Waals surface area contributed by atoms with Gasteiger partial charge in [0.15, 0.2) is 11.5 Å². The van der Waals surface area contributed by atoms with Crippen LogP contribution in [0.1, 0.15) is 54.1 Å².